The van der Waals surface area contributed by atoms with Crippen LogP contribution in [0, 0.1) is 12.7 Å². The molecule has 0 saturated carbocycles. The van der Waals surface area contributed by atoms with Gasteiger partial charge in [0.15, 0.2) is 0 Å². The van der Waals surface area contributed by atoms with E-state index in [-0.39, 0.29) is 17.6 Å². The number of fused-ring (bicyclic) bond motifs is 1. The zero-order valence-corrected chi connectivity index (χ0v) is 10.2. The third-order valence-electron chi connectivity index (χ3n) is 2.63. The van der Waals surface area contributed by atoms with E-state index in [9.17, 15) is 9.18 Å². The van der Waals surface area contributed by atoms with E-state index in [2.05, 4.69) is 5.32 Å². The Morgan fingerprint density at radius 3 is 2.62 bits per heavy atom. The SMILES string of the molecule is CC.Cc1cc2c(cc1F)NC(=O)CC2C. The predicted octanol–water partition coefficient (Wildman–Crippen LogP) is 3.61. The number of benzene rings is 1. The Bertz CT molecular complexity index is 401. The average Bonchev–Trinajstić information content (AvgIpc) is 2.24. The van der Waals surface area contributed by atoms with Crippen LogP contribution in [-0.2, 0) is 4.79 Å². The normalized spacial score (nSPS) is 18.1. The lowest BCUT2D eigenvalue weighted by Crippen LogP contribution is -2.21. The zero-order valence-electron chi connectivity index (χ0n) is 10.2. The lowest BCUT2D eigenvalue weighted by atomic mass is 9.91. The molecule has 1 unspecified atom stereocenters. The molecule has 1 aliphatic rings. The van der Waals surface area contributed by atoms with Crippen LogP contribution in [0.25, 0.3) is 0 Å². The van der Waals surface area contributed by atoms with Gasteiger partial charge in [-0.2, -0.15) is 0 Å². The maximum absolute atomic E-state index is 13.2. The molecule has 16 heavy (non-hydrogen) atoms. The van der Waals surface area contributed by atoms with Crippen molar-refractivity contribution in [1.29, 1.82) is 0 Å². The smallest absolute Gasteiger partial charge is 0.224 e. The van der Waals surface area contributed by atoms with E-state index in [4.69, 9.17) is 0 Å². The largest absolute Gasteiger partial charge is 0.326 e. The second-order valence-electron chi connectivity index (χ2n) is 3.84. The number of hydrogen-bond acceptors (Lipinski definition) is 1. The second-order valence-corrected chi connectivity index (χ2v) is 3.84. The molecule has 1 heterocycles. The summed E-state index contributed by atoms with van der Waals surface area (Å²) in [4.78, 5) is 11.2. The molecule has 0 saturated heterocycles. The van der Waals surface area contributed by atoms with Gasteiger partial charge in [-0.05, 0) is 30.0 Å². The molecule has 1 aliphatic heterocycles. The van der Waals surface area contributed by atoms with Gasteiger partial charge in [-0.15, -0.1) is 0 Å². The first-order valence-corrected chi connectivity index (χ1v) is 5.68. The number of carbonyl (C=O) groups is 1. The Labute approximate surface area is 95.9 Å². The fraction of sp³-hybridized carbons (Fsp3) is 0.462. The number of nitrogens with one attached hydrogen (secondary N) is 1. The maximum Gasteiger partial charge on any atom is 0.224 e. The van der Waals surface area contributed by atoms with E-state index in [0.717, 1.165) is 5.56 Å². The summed E-state index contributed by atoms with van der Waals surface area (Å²) >= 11 is 0. The molecule has 0 aromatic heterocycles. The monoisotopic (exact) mass is 223 g/mol. The van der Waals surface area contributed by atoms with Gasteiger partial charge in [0.2, 0.25) is 5.91 Å². The van der Waals surface area contributed by atoms with Crippen molar-refractivity contribution in [2.45, 2.75) is 40.0 Å². The van der Waals surface area contributed by atoms with Gasteiger partial charge in [-0.1, -0.05) is 26.8 Å². The van der Waals surface area contributed by atoms with Crippen molar-refractivity contribution < 1.29 is 9.18 Å². The Balaban J connectivity index is 0.000000606. The van der Waals surface area contributed by atoms with Gasteiger partial charge >= 0.3 is 0 Å². The molecule has 1 atom stereocenters. The van der Waals surface area contributed by atoms with Crippen molar-refractivity contribution in [2.24, 2.45) is 0 Å². The van der Waals surface area contributed by atoms with E-state index in [0.29, 0.717) is 17.7 Å². The Kier molecular flexibility index (Phi) is 4.05. The van der Waals surface area contributed by atoms with E-state index in [1.54, 1.807) is 6.92 Å². The highest BCUT2D eigenvalue weighted by Crippen LogP contribution is 2.33. The number of rotatable bonds is 0. The van der Waals surface area contributed by atoms with Crippen molar-refractivity contribution in [3.05, 3.63) is 29.1 Å². The minimum atomic E-state index is -0.266. The number of carbonyl (C=O) groups excluding carboxylic acids is 1. The van der Waals surface area contributed by atoms with Crippen LogP contribution in [0.2, 0.25) is 0 Å². The molecule has 2 rings (SSSR count). The molecular weight excluding hydrogens is 205 g/mol. The number of anilines is 1. The summed E-state index contributed by atoms with van der Waals surface area (Å²) in [6.07, 6.45) is 0.484. The Hall–Kier alpha value is -1.38. The minimum Gasteiger partial charge on any atom is -0.326 e. The molecular formula is C13H18FNO. The van der Waals surface area contributed by atoms with Crippen LogP contribution in [0.3, 0.4) is 0 Å². The van der Waals surface area contributed by atoms with Crippen LogP contribution in [0.15, 0.2) is 12.1 Å². The summed E-state index contributed by atoms with van der Waals surface area (Å²) in [5.74, 6) is -0.121. The van der Waals surface area contributed by atoms with Crippen LogP contribution >= 0.6 is 0 Å². The number of aryl methyl sites for hydroxylation is 1. The fourth-order valence-corrected chi connectivity index (χ4v) is 1.81. The molecule has 88 valence electrons. The Morgan fingerprint density at radius 1 is 1.38 bits per heavy atom. The van der Waals surface area contributed by atoms with Gasteiger partial charge in [0.05, 0.1) is 0 Å². The summed E-state index contributed by atoms with van der Waals surface area (Å²) in [6, 6.07) is 3.22. The fourth-order valence-electron chi connectivity index (χ4n) is 1.81. The molecule has 0 radical (unpaired) electrons. The first-order chi connectivity index (χ1) is 7.58. The van der Waals surface area contributed by atoms with Crippen LogP contribution < -0.4 is 5.32 Å². The average molecular weight is 223 g/mol. The summed E-state index contributed by atoms with van der Waals surface area (Å²) in [6.45, 7) is 7.72. The summed E-state index contributed by atoms with van der Waals surface area (Å²) < 4.78 is 13.2. The molecule has 1 amide bonds. The summed E-state index contributed by atoms with van der Waals surface area (Å²) in [5.41, 5.74) is 2.28. The van der Waals surface area contributed by atoms with E-state index >= 15 is 0 Å². The maximum atomic E-state index is 13.2. The number of hydrogen-bond donors (Lipinski definition) is 1. The van der Waals surface area contributed by atoms with Gasteiger partial charge < -0.3 is 5.32 Å². The van der Waals surface area contributed by atoms with Crippen molar-refractivity contribution in [1.82, 2.24) is 0 Å². The molecule has 2 nitrogen and oxygen atoms in total. The summed E-state index contributed by atoms with van der Waals surface area (Å²) in [7, 11) is 0. The van der Waals surface area contributed by atoms with Crippen molar-refractivity contribution in [3.8, 4) is 0 Å². The molecule has 0 bridgehead atoms. The van der Waals surface area contributed by atoms with Gasteiger partial charge in [-0.25, -0.2) is 4.39 Å². The quantitative estimate of drug-likeness (QED) is 0.715. The summed E-state index contributed by atoms with van der Waals surface area (Å²) in [5, 5.41) is 2.68. The van der Waals surface area contributed by atoms with Crippen molar-refractivity contribution in [3.63, 3.8) is 0 Å². The van der Waals surface area contributed by atoms with Gasteiger partial charge in [0.1, 0.15) is 5.82 Å². The van der Waals surface area contributed by atoms with E-state index in [1.807, 2.05) is 26.8 Å². The molecule has 1 aromatic carbocycles. The molecule has 1 N–H and O–H groups in total. The van der Waals surface area contributed by atoms with Crippen molar-refractivity contribution in [2.75, 3.05) is 5.32 Å². The Morgan fingerprint density at radius 2 is 2.00 bits per heavy atom. The zero-order chi connectivity index (χ0) is 12.3. The van der Waals surface area contributed by atoms with Crippen LogP contribution in [0.4, 0.5) is 10.1 Å². The lowest BCUT2D eigenvalue weighted by Gasteiger charge is -2.23. The highest BCUT2D eigenvalue weighted by atomic mass is 19.1. The first-order valence-electron chi connectivity index (χ1n) is 5.68. The van der Waals surface area contributed by atoms with Crippen LogP contribution in [0.5, 0.6) is 0 Å². The highest BCUT2D eigenvalue weighted by Gasteiger charge is 2.22. The second kappa shape index (κ2) is 5.10. The topological polar surface area (TPSA) is 29.1 Å². The van der Waals surface area contributed by atoms with Crippen molar-refractivity contribution >= 4 is 11.6 Å². The molecule has 1 aromatic rings. The van der Waals surface area contributed by atoms with Crippen LogP contribution in [0.1, 0.15) is 44.2 Å². The highest BCUT2D eigenvalue weighted by molar-refractivity contribution is 5.94. The molecule has 3 heteroatoms. The van der Waals surface area contributed by atoms with E-state index in [1.165, 1.54) is 6.07 Å². The van der Waals surface area contributed by atoms with Gasteiger partial charge in [-0.3, -0.25) is 4.79 Å². The van der Waals surface area contributed by atoms with E-state index < -0.39 is 0 Å². The minimum absolute atomic E-state index is 0.0340. The lowest BCUT2D eigenvalue weighted by molar-refractivity contribution is -0.116. The number of amides is 1. The number of halogens is 1. The molecule has 0 aliphatic carbocycles. The third-order valence-corrected chi connectivity index (χ3v) is 2.63. The first kappa shape index (κ1) is 12.7. The third kappa shape index (κ3) is 2.40. The van der Waals surface area contributed by atoms with Gasteiger partial charge in [0.25, 0.3) is 0 Å². The predicted molar refractivity (Wildman–Crippen MR) is 64.1 cm³/mol. The van der Waals surface area contributed by atoms with Crippen LogP contribution in [-0.4, -0.2) is 5.91 Å². The molecule has 0 spiro atoms. The molecule has 0 fully saturated rings. The van der Waals surface area contributed by atoms with Gasteiger partial charge in [0, 0.05) is 12.1 Å². The standard InChI is InChI=1S/C11H12FNO.C2H6/c1-6-4-11(14)13-10-5-9(12)7(2)3-8(6)10;1-2/h3,5-6H,4H2,1-2H3,(H,13,14);1-2H3.